The van der Waals surface area contributed by atoms with Crippen LogP contribution >= 0.6 is 0 Å². The third kappa shape index (κ3) is 4.58. The van der Waals surface area contributed by atoms with Crippen LogP contribution in [-0.2, 0) is 11.3 Å². The number of nitrogens with zero attached hydrogens (tertiary/aromatic N) is 3. The van der Waals surface area contributed by atoms with E-state index >= 15 is 0 Å². The molecule has 1 saturated heterocycles. The van der Waals surface area contributed by atoms with Crippen molar-refractivity contribution < 1.29 is 9.53 Å². The second-order valence-electron chi connectivity index (χ2n) is 6.99. The molecule has 1 aromatic heterocycles. The lowest BCUT2D eigenvalue weighted by Gasteiger charge is -2.35. The highest BCUT2D eigenvalue weighted by atomic mass is 16.5. The van der Waals surface area contributed by atoms with Crippen LogP contribution in [-0.4, -0.2) is 46.1 Å². The molecule has 1 amide bonds. The van der Waals surface area contributed by atoms with Gasteiger partial charge in [-0.05, 0) is 51.5 Å². The molecule has 2 atom stereocenters. The number of aromatic nitrogens is 2. The summed E-state index contributed by atoms with van der Waals surface area (Å²) in [4.78, 5) is 23.3. The van der Waals surface area contributed by atoms with Crippen molar-refractivity contribution in [1.82, 2.24) is 14.9 Å². The maximum Gasteiger partial charge on any atom is 0.254 e. The predicted molar refractivity (Wildman–Crippen MR) is 101 cm³/mol. The first kappa shape index (κ1) is 18.3. The third-order valence-electron chi connectivity index (χ3n) is 4.34. The summed E-state index contributed by atoms with van der Waals surface area (Å²) in [6, 6.07) is 9.64. The first-order valence-corrected chi connectivity index (χ1v) is 9.00. The Labute approximate surface area is 154 Å². The highest BCUT2D eigenvalue weighted by Crippen LogP contribution is 2.15. The van der Waals surface area contributed by atoms with Crippen molar-refractivity contribution in [3.8, 4) is 0 Å². The molecule has 1 N–H and O–H groups in total. The van der Waals surface area contributed by atoms with E-state index in [9.17, 15) is 4.79 Å². The number of carbonyl (C=O) groups excluding carboxylic acids is 1. The van der Waals surface area contributed by atoms with E-state index in [4.69, 9.17) is 4.74 Å². The number of ether oxygens (including phenoxy) is 1. The van der Waals surface area contributed by atoms with Crippen LogP contribution in [0.15, 0.2) is 30.3 Å². The van der Waals surface area contributed by atoms with Crippen LogP contribution in [0.5, 0.6) is 0 Å². The molecule has 0 bridgehead atoms. The lowest BCUT2D eigenvalue weighted by atomic mass is 10.1. The van der Waals surface area contributed by atoms with Gasteiger partial charge in [0, 0.05) is 36.6 Å². The molecule has 0 radical (unpaired) electrons. The maximum atomic E-state index is 12.7. The van der Waals surface area contributed by atoms with E-state index in [0.717, 1.165) is 17.0 Å². The van der Waals surface area contributed by atoms with Crippen molar-refractivity contribution in [3.05, 3.63) is 52.8 Å². The van der Waals surface area contributed by atoms with Crippen molar-refractivity contribution in [2.24, 2.45) is 0 Å². The van der Waals surface area contributed by atoms with Crippen LogP contribution < -0.4 is 5.32 Å². The molecular weight excluding hydrogens is 328 g/mol. The van der Waals surface area contributed by atoms with E-state index in [-0.39, 0.29) is 18.1 Å². The molecule has 0 aliphatic carbocycles. The van der Waals surface area contributed by atoms with Gasteiger partial charge in [0.2, 0.25) is 5.95 Å². The number of benzene rings is 1. The average Bonchev–Trinajstić information content (AvgIpc) is 2.58. The first-order valence-electron chi connectivity index (χ1n) is 9.00. The molecule has 1 aromatic carbocycles. The summed E-state index contributed by atoms with van der Waals surface area (Å²) >= 11 is 0. The summed E-state index contributed by atoms with van der Waals surface area (Å²) in [5.41, 5.74) is 3.66. The van der Waals surface area contributed by atoms with Gasteiger partial charge < -0.3 is 15.0 Å². The molecular formula is C20H26N4O2. The predicted octanol–water partition coefficient (Wildman–Crippen LogP) is 2.95. The van der Waals surface area contributed by atoms with Crippen LogP contribution in [0.4, 0.5) is 5.95 Å². The molecule has 1 aliphatic heterocycles. The molecule has 0 saturated carbocycles. The lowest BCUT2D eigenvalue weighted by Crippen LogP contribution is -2.48. The Morgan fingerprint density at radius 2 is 1.69 bits per heavy atom. The van der Waals surface area contributed by atoms with Gasteiger partial charge in [-0.25, -0.2) is 9.97 Å². The Balaban J connectivity index is 1.62. The summed E-state index contributed by atoms with van der Waals surface area (Å²) in [6.45, 7) is 9.79. The second-order valence-corrected chi connectivity index (χ2v) is 6.99. The molecule has 3 rings (SSSR count). The van der Waals surface area contributed by atoms with E-state index < -0.39 is 0 Å². The maximum absolute atomic E-state index is 12.7. The highest BCUT2D eigenvalue weighted by Gasteiger charge is 2.26. The monoisotopic (exact) mass is 354 g/mol. The van der Waals surface area contributed by atoms with Gasteiger partial charge in [0.05, 0.1) is 12.2 Å². The molecule has 1 fully saturated rings. The molecule has 6 nitrogen and oxygen atoms in total. The minimum atomic E-state index is 0.0594. The van der Waals surface area contributed by atoms with Crippen LogP contribution in [0, 0.1) is 13.8 Å². The Kier molecular flexibility index (Phi) is 5.52. The van der Waals surface area contributed by atoms with Crippen LogP contribution in [0.1, 0.15) is 41.2 Å². The van der Waals surface area contributed by atoms with Gasteiger partial charge in [0.1, 0.15) is 0 Å². The number of morpholine rings is 1. The number of hydrogen-bond acceptors (Lipinski definition) is 5. The van der Waals surface area contributed by atoms with E-state index in [1.807, 2.05) is 62.9 Å². The Morgan fingerprint density at radius 3 is 2.27 bits per heavy atom. The molecule has 2 heterocycles. The Hall–Kier alpha value is -2.47. The van der Waals surface area contributed by atoms with Crippen molar-refractivity contribution in [1.29, 1.82) is 0 Å². The topological polar surface area (TPSA) is 67.4 Å². The Bertz CT molecular complexity index is 746. The number of hydrogen-bond donors (Lipinski definition) is 1. The molecule has 1 aliphatic rings. The minimum absolute atomic E-state index is 0.0594. The SMILES string of the molecule is Cc1cc(C)nc(NCc2ccc(C(=O)N3CC(C)OC(C)C3)cc2)n1. The number of anilines is 1. The molecule has 0 spiro atoms. The summed E-state index contributed by atoms with van der Waals surface area (Å²) in [5, 5.41) is 3.23. The van der Waals surface area contributed by atoms with Crippen LogP contribution in [0.2, 0.25) is 0 Å². The zero-order valence-corrected chi connectivity index (χ0v) is 15.8. The summed E-state index contributed by atoms with van der Waals surface area (Å²) < 4.78 is 5.70. The normalized spacial score (nSPS) is 20.1. The van der Waals surface area contributed by atoms with Crippen LogP contribution in [0.25, 0.3) is 0 Å². The second kappa shape index (κ2) is 7.83. The third-order valence-corrected chi connectivity index (χ3v) is 4.34. The van der Waals surface area contributed by atoms with Gasteiger partial charge in [-0.2, -0.15) is 0 Å². The standard InChI is InChI=1S/C20H26N4O2/c1-13-9-14(2)23-20(22-13)21-10-17-5-7-18(8-6-17)19(25)24-11-15(3)26-16(4)12-24/h5-9,15-16H,10-12H2,1-4H3,(H,21,22,23). The van der Waals surface area contributed by atoms with Gasteiger partial charge >= 0.3 is 0 Å². The van der Waals surface area contributed by atoms with Crippen molar-refractivity contribution in [2.75, 3.05) is 18.4 Å². The van der Waals surface area contributed by atoms with Crippen molar-refractivity contribution in [2.45, 2.75) is 46.4 Å². The van der Waals surface area contributed by atoms with Gasteiger partial charge in [-0.15, -0.1) is 0 Å². The molecule has 2 unspecified atom stereocenters. The van der Waals surface area contributed by atoms with Gasteiger partial charge in [-0.3, -0.25) is 4.79 Å². The molecule has 26 heavy (non-hydrogen) atoms. The summed E-state index contributed by atoms with van der Waals surface area (Å²) in [6.07, 6.45) is 0.146. The average molecular weight is 354 g/mol. The van der Waals surface area contributed by atoms with E-state index in [1.165, 1.54) is 0 Å². The highest BCUT2D eigenvalue weighted by molar-refractivity contribution is 5.94. The molecule has 138 valence electrons. The zero-order chi connectivity index (χ0) is 18.7. The smallest absolute Gasteiger partial charge is 0.254 e. The fraction of sp³-hybridized carbons (Fsp3) is 0.450. The number of aryl methyl sites for hydroxylation is 2. The fourth-order valence-corrected chi connectivity index (χ4v) is 3.28. The van der Waals surface area contributed by atoms with Gasteiger partial charge in [0.15, 0.2) is 0 Å². The Morgan fingerprint density at radius 1 is 1.12 bits per heavy atom. The molecule has 6 heteroatoms. The summed E-state index contributed by atoms with van der Waals surface area (Å²) in [7, 11) is 0. The fourth-order valence-electron chi connectivity index (χ4n) is 3.28. The van der Waals surface area contributed by atoms with E-state index in [0.29, 0.717) is 31.1 Å². The number of amides is 1. The number of nitrogens with one attached hydrogen (secondary N) is 1. The lowest BCUT2D eigenvalue weighted by molar-refractivity contribution is -0.0586. The minimum Gasteiger partial charge on any atom is -0.372 e. The van der Waals surface area contributed by atoms with Crippen LogP contribution in [0.3, 0.4) is 0 Å². The quantitative estimate of drug-likeness (QED) is 0.914. The van der Waals surface area contributed by atoms with E-state index in [2.05, 4.69) is 15.3 Å². The zero-order valence-electron chi connectivity index (χ0n) is 15.8. The first-order chi connectivity index (χ1) is 12.4. The number of carbonyl (C=O) groups is 1. The van der Waals surface area contributed by atoms with Crippen molar-refractivity contribution in [3.63, 3.8) is 0 Å². The summed E-state index contributed by atoms with van der Waals surface area (Å²) in [5.74, 6) is 0.683. The van der Waals surface area contributed by atoms with Crippen molar-refractivity contribution >= 4 is 11.9 Å². The van der Waals surface area contributed by atoms with Gasteiger partial charge in [0.25, 0.3) is 5.91 Å². The van der Waals surface area contributed by atoms with Gasteiger partial charge in [-0.1, -0.05) is 12.1 Å². The van der Waals surface area contributed by atoms with E-state index in [1.54, 1.807) is 0 Å². The largest absolute Gasteiger partial charge is 0.372 e. The molecule has 2 aromatic rings. The number of rotatable bonds is 4.